The number of ether oxygens (including phenoxy) is 1. The first-order valence-corrected chi connectivity index (χ1v) is 6.78. The lowest BCUT2D eigenvalue weighted by Gasteiger charge is -2.29. The van der Waals surface area contributed by atoms with Gasteiger partial charge in [-0.15, -0.1) is 0 Å². The summed E-state index contributed by atoms with van der Waals surface area (Å²) < 4.78 is 6.56. The van der Waals surface area contributed by atoms with E-state index in [1.807, 2.05) is 35.9 Å². The summed E-state index contributed by atoms with van der Waals surface area (Å²) in [5.41, 5.74) is 1.15. The van der Waals surface area contributed by atoms with E-state index >= 15 is 0 Å². The first kappa shape index (κ1) is 15.5. The van der Waals surface area contributed by atoms with Crippen molar-refractivity contribution in [2.45, 2.75) is 32.0 Å². The highest BCUT2D eigenvalue weighted by Crippen LogP contribution is 2.16. The molecular weight excluding hydrogens is 270 g/mol. The highest BCUT2D eigenvalue weighted by atomic mass is 16.5. The number of para-hydroxylation sites is 2. The molecule has 0 spiro atoms. The van der Waals surface area contributed by atoms with Gasteiger partial charge in [0.15, 0.2) is 6.10 Å². The van der Waals surface area contributed by atoms with E-state index in [-0.39, 0.29) is 0 Å². The molecule has 114 valence electrons. The zero-order valence-electron chi connectivity index (χ0n) is 12.8. The summed E-state index contributed by atoms with van der Waals surface area (Å²) in [6.45, 7) is 3.93. The van der Waals surface area contributed by atoms with Gasteiger partial charge < -0.3 is 19.7 Å². The number of hydrogen-bond acceptors (Lipinski definition) is 5. The molecule has 21 heavy (non-hydrogen) atoms. The zero-order chi connectivity index (χ0) is 15.6. The van der Waals surface area contributed by atoms with E-state index in [9.17, 15) is 9.90 Å². The number of carbonyl (C=O) groups excluding carboxylic acids is 1. The maximum atomic E-state index is 11.4. The van der Waals surface area contributed by atoms with Crippen LogP contribution in [0.15, 0.2) is 24.3 Å². The highest BCUT2D eigenvalue weighted by molar-refractivity contribution is 5.76. The third kappa shape index (κ3) is 3.06. The molecule has 0 saturated carbocycles. The molecule has 1 atom stereocenters. The fraction of sp³-hybridized carbons (Fsp3) is 0.467. The van der Waals surface area contributed by atoms with Crippen LogP contribution in [-0.4, -0.2) is 39.4 Å². The number of aliphatic hydroxyl groups is 1. The molecule has 0 amide bonds. The minimum absolute atomic E-state index is 0.437. The summed E-state index contributed by atoms with van der Waals surface area (Å²) >= 11 is 0. The molecule has 2 rings (SSSR count). The Labute approximate surface area is 123 Å². The summed E-state index contributed by atoms with van der Waals surface area (Å²) in [6.07, 6.45) is -1.24. The summed E-state index contributed by atoms with van der Waals surface area (Å²) in [5.74, 6) is 0.179. The van der Waals surface area contributed by atoms with E-state index in [1.165, 1.54) is 7.11 Å². The molecule has 0 bridgehead atoms. The maximum Gasteiger partial charge on any atom is 0.336 e. The van der Waals surface area contributed by atoms with Crippen LogP contribution in [0, 0.1) is 0 Å². The molecule has 0 aliphatic carbocycles. The van der Waals surface area contributed by atoms with Crippen LogP contribution < -0.4 is 5.32 Å². The molecular formula is C15H21N3O3. The van der Waals surface area contributed by atoms with Crippen LogP contribution in [-0.2, 0) is 23.1 Å². The van der Waals surface area contributed by atoms with Gasteiger partial charge >= 0.3 is 5.97 Å². The summed E-state index contributed by atoms with van der Waals surface area (Å²) in [7, 11) is 3.20. The van der Waals surface area contributed by atoms with E-state index in [1.54, 1.807) is 13.8 Å². The van der Waals surface area contributed by atoms with Crippen LogP contribution in [0.25, 0.3) is 11.0 Å². The third-order valence-corrected chi connectivity index (χ3v) is 3.69. The maximum absolute atomic E-state index is 11.4. The van der Waals surface area contributed by atoms with Crippen LogP contribution in [0.4, 0.5) is 0 Å². The molecule has 2 aromatic rings. The smallest absolute Gasteiger partial charge is 0.336 e. The molecule has 0 saturated heterocycles. The molecule has 6 heteroatoms. The second-order valence-electron chi connectivity index (χ2n) is 5.58. The first-order valence-electron chi connectivity index (χ1n) is 6.78. The molecule has 0 fully saturated rings. The fourth-order valence-corrected chi connectivity index (χ4v) is 2.16. The SMILES string of the molecule is COC(=O)[C@H](O)C(C)(C)NCc1nc2ccccc2n1C. The first-order chi connectivity index (χ1) is 9.86. The van der Waals surface area contributed by atoms with Gasteiger partial charge in [-0.2, -0.15) is 0 Å². The van der Waals surface area contributed by atoms with Crippen molar-refractivity contribution < 1.29 is 14.6 Å². The van der Waals surface area contributed by atoms with Crippen LogP contribution >= 0.6 is 0 Å². The molecule has 0 aliphatic heterocycles. The number of aryl methyl sites for hydroxylation is 1. The summed E-state index contributed by atoms with van der Waals surface area (Å²) in [5, 5.41) is 13.1. The molecule has 1 aromatic heterocycles. The Bertz CT molecular complexity index is 649. The number of nitrogens with one attached hydrogen (secondary N) is 1. The molecule has 1 aromatic carbocycles. The van der Waals surface area contributed by atoms with E-state index in [2.05, 4.69) is 15.0 Å². The topological polar surface area (TPSA) is 76.4 Å². The van der Waals surface area contributed by atoms with Crippen molar-refractivity contribution >= 4 is 17.0 Å². The number of imidazole rings is 1. The highest BCUT2D eigenvalue weighted by Gasteiger charge is 2.34. The largest absolute Gasteiger partial charge is 0.467 e. The van der Waals surface area contributed by atoms with Crippen molar-refractivity contribution in [2.24, 2.45) is 7.05 Å². The Hall–Kier alpha value is -1.92. The van der Waals surface area contributed by atoms with Crippen LogP contribution in [0.1, 0.15) is 19.7 Å². The van der Waals surface area contributed by atoms with E-state index in [4.69, 9.17) is 0 Å². The molecule has 6 nitrogen and oxygen atoms in total. The molecule has 2 N–H and O–H groups in total. The van der Waals surface area contributed by atoms with Gasteiger partial charge in [0.05, 0.1) is 24.7 Å². The van der Waals surface area contributed by atoms with Gasteiger partial charge in [-0.05, 0) is 26.0 Å². The van der Waals surface area contributed by atoms with E-state index in [0.717, 1.165) is 16.9 Å². The minimum atomic E-state index is -1.24. The van der Waals surface area contributed by atoms with Crippen LogP contribution in [0.5, 0.6) is 0 Å². The monoisotopic (exact) mass is 291 g/mol. The van der Waals surface area contributed by atoms with Crippen molar-refractivity contribution in [3.63, 3.8) is 0 Å². The zero-order valence-corrected chi connectivity index (χ0v) is 12.8. The number of esters is 1. The minimum Gasteiger partial charge on any atom is -0.467 e. The average molecular weight is 291 g/mol. The van der Waals surface area contributed by atoms with Gasteiger partial charge in [0.1, 0.15) is 5.82 Å². The fourth-order valence-electron chi connectivity index (χ4n) is 2.16. The Morgan fingerprint density at radius 1 is 1.48 bits per heavy atom. The average Bonchev–Trinajstić information content (AvgIpc) is 2.80. The molecule has 1 heterocycles. The van der Waals surface area contributed by atoms with Crippen molar-refractivity contribution in [1.29, 1.82) is 0 Å². The van der Waals surface area contributed by atoms with E-state index in [0.29, 0.717) is 6.54 Å². The Kier molecular flexibility index (Phi) is 4.29. The lowest BCUT2D eigenvalue weighted by atomic mass is 9.97. The quantitative estimate of drug-likeness (QED) is 0.803. The number of hydrogen-bond donors (Lipinski definition) is 2. The van der Waals surface area contributed by atoms with Gasteiger partial charge in [0, 0.05) is 12.6 Å². The molecule has 0 radical (unpaired) electrons. The number of carbonyl (C=O) groups is 1. The number of nitrogens with zero attached hydrogens (tertiary/aromatic N) is 2. The van der Waals surface area contributed by atoms with E-state index < -0.39 is 17.6 Å². The van der Waals surface area contributed by atoms with Crippen LogP contribution in [0.3, 0.4) is 0 Å². The second kappa shape index (κ2) is 5.83. The van der Waals surface area contributed by atoms with Gasteiger partial charge in [-0.1, -0.05) is 12.1 Å². The van der Waals surface area contributed by atoms with Gasteiger partial charge in [-0.3, -0.25) is 0 Å². The Balaban J connectivity index is 2.14. The van der Waals surface area contributed by atoms with Gasteiger partial charge in [0.2, 0.25) is 0 Å². The van der Waals surface area contributed by atoms with Gasteiger partial charge in [-0.25, -0.2) is 9.78 Å². The predicted octanol–water partition coefficient (Wildman–Crippen LogP) is 0.975. The van der Waals surface area contributed by atoms with Crippen molar-refractivity contribution in [3.8, 4) is 0 Å². The predicted molar refractivity (Wildman–Crippen MR) is 79.7 cm³/mol. The number of aromatic nitrogens is 2. The number of fused-ring (bicyclic) bond motifs is 1. The Morgan fingerprint density at radius 3 is 2.76 bits per heavy atom. The lowest BCUT2D eigenvalue weighted by molar-refractivity contribution is -0.154. The summed E-state index contributed by atoms with van der Waals surface area (Å²) in [6, 6.07) is 7.86. The van der Waals surface area contributed by atoms with Crippen LogP contribution in [0.2, 0.25) is 0 Å². The normalized spacial score (nSPS) is 13.4. The lowest BCUT2D eigenvalue weighted by Crippen LogP contribution is -2.53. The van der Waals surface area contributed by atoms with Gasteiger partial charge in [0.25, 0.3) is 0 Å². The second-order valence-corrected chi connectivity index (χ2v) is 5.58. The number of methoxy groups -OCH3 is 1. The summed E-state index contributed by atoms with van der Waals surface area (Å²) in [4.78, 5) is 16.0. The van der Waals surface area contributed by atoms with Crippen molar-refractivity contribution in [3.05, 3.63) is 30.1 Å². The van der Waals surface area contributed by atoms with Crippen molar-refractivity contribution in [1.82, 2.24) is 14.9 Å². The number of benzene rings is 1. The van der Waals surface area contributed by atoms with Crippen molar-refractivity contribution in [2.75, 3.05) is 7.11 Å². The standard InChI is InChI=1S/C15H21N3O3/c1-15(2,13(19)14(20)21-4)16-9-12-17-10-7-5-6-8-11(10)18(12)3/h5-8,13,16,19H,9H2,1-4H3/t13-/m0/s1. The Morgan fingerprint density at radius 2 is 2.14 bits per heavy atom. The molecule has 0 unspecified atom stereocenters. The third-order valence-electron chi connectivity index (χ3n) is 3.69. The number of aliphatic hydroxyl groups excluding tert-OH is 1. The number of rotatable bonds is 5. The molecule has 0 aliphatic rings.